The van der Waals surface area contributed by atoms with Crippen molar-refractivity contribution in [3.8, 4) is 0 Å². The molecule has 2 rings (SSSR count). The van der Waals surface area contributed by atoms with Gasteiger partial charge < -0.3 is 10.6 Å². The molecule has 0 aromatic heterocycles. The maximum atomic E-state index is 10.9. The lowest BCUT2D eigenvalue weighted by atomic mass is 9.87. The first-order valence-electron chi connectivity index (χ1n) is 7.24. The van der Waals surface area contributed by atoms with Crippen molar-refractivity contribution < 1.29 is 4.79 Å². The van der Waals surface area contributed by atoms with Gasteiger partial charge in [0, 0.05) is 13.0 Å². The fourth-order valence-electron chi connectivity index (χ4n) is 3.39. The van der Waals surface area contributed by atoms with E-state index >= 15 is 0 Å². The number of nitrogens with zero attached hydrogens (tertiary/aromatic N) is 1. The van der Waals surface area contributed by atoms with E-state index in [9.17, 15) is 4.79 Å². The Labute approximate surface area is 105 Å². The summed E-state index contributed by atoms with van der Waals surface area (Å²) < 4.78 is 0. The number of carbonyl (C=O) groups is 1. The summed E-state index contributed by atoms with van der Waals surface area (Å²) in [7, 11) is 0. The predicted octanol–water partition coefficient (Wildman–Crippen LogP) is 2.15. The van der Waals surface area contributed by atoms with Gasteiger partial charge in [-0.05, 0) is 50.6 Å². The maximum absolute atomic E-state index is 10.9. The van der Waals surface area contributed by atoms with Crippen molar-refractivity contribution >= 4 is 5.91 Å². The van der Waals surface area contributed by atoms with Crippen molar-refractivity contribution in [1.29, 1.82) is 0 Å². The van der Waals surface area contributed by atoms with E-state index in [4.69, 9.17) is 5.73 Å². The van der Waals surface area contributed by atoms with Crippen LogP contribution in [0.5, 0.6) is 0 Å². The molecule has 2 fully saturated rings. The molecule has 3 heteroatoms. The highest BCUT2D eigenvalue weighted by molar-refractivity contribution is 5.73. The predicted molar refractivity (Wildman–Crippen MR) is 69.6 cm³/mol. The van der Waals surface area contributed by atoms with E-state index in [1.54, 1.807) is 0 Å². The van der Waals surface area contributed by atoms with Gasteiger partial charge in [-0.1, -0.05) is 19.3 Å². The van der Waals surface area contributed by atoms with Gasteiger partial charge in [0.1, 0.15) is 0 Å². The molecule has 1 amide bonds. The molecule has 98 valence electrons. The Morgan fingerprint density at radius 1 is 1.00 bits per heavy atom. The second-order valence-corrected chi connectivity index (χ2v) is 5.92. The molecule has 0 spiro atoms. The highest BCUT2D eigenvalue weighted by Gasteiger charge is 2.23. The summed E-state index contributed by atoms with van der Waals surface area (Å²) in [4.78, 5) is 13.5. The normalized spacial score (nSPS) is 24.9. The lowest BCUT2D eigenvalue weighted by molar-refractivity contribution is -0.119. The zero-order valence-electron chi connectivity index (χ0n) is 10.9. The molecule has 0 bridgehead atoms. The van der Waals surface area contributed by atoms with Crippen molar-refractivity contribution in [1.82, 2.24) is 4.90 Å². The molecule has 0 radical (unpaired) electrons. The third-order valence-corrected chi connectivity index (χ3v) is 4.44. The van der Waals surface area contributed by atoms with Gasteiger partial charge >= 0.3 is 0 Å². The van der Waals surface area contributed by atoms with Gasteiger partial charge in [-0.2, -0.15) is 0 Å². The third-order valence-electron chi connectivity index (χ3n) is 4.44. The van der Waals surface area contributed by atoms with Crippen molar-refractivity contribution in [2.45, 2.75) is 51.4 Å². The molecule has 1 aliphatic carbocycles. The van der Waals surface area contributed by atoms with Crippen molar-refractivity contribution in [2.75, 3.05) is 19.6 Å². The molecular formula is C14H26N2O. The zero-order valence-corrected chi connectivity index (χ0v) is 10.9. The molecule has 0 atom stereocenters. The molecule has 1 saturated carbocycles. The molecule has 0 aromatic rings. The first kappa shape index (κ1) is 12.9. The largest absolute Gasteiger partial charge is 0.370 e. The lowest BCUT2D eigenvalue weighted by Crippen LogP contribution is -2.38. The van der Waals surface area contributed by atoms with E-state index in [0.29, 0.717) is 12.3 Å². The van der Waals surface area contributed by atoms with E-state index in [-0.39, 0.29) is 5.91 Å². The minimum absolute atomic E-state index is 0.129. The molecule has 2 N–H and O–H groups in total. The fraction of sp³-hybridized carbons (Fsp3) is 0.929. The summed E-state index contributed by atoms with van der Waals surface area (Å²) in [5.74, 6) is 1.36. The Morgan fingerprint density at radius 2 is 1.65 bits per heavy atom. The van der Waals surface area contributed by atoms with E-state index < -0.39 is 0 Å². The van der Waals surface area contributed by atoms with E-state index in [2.05, 4.69) is 4.90 Å². The first-order valence-corrected chi connectivity index (χ1v) is 7.24. The van der Waals surface area contributed by atoms with Crippen LogP contribution < -0.4 is 5.73 Å². The van der Waals surface area contributed by atoms with Crippen LogP contribution in [0.2, 0.25) is 0 Å². The molecule has 1 saturated heterocycles. The van der Waals surface area contributed by atoms with Gasteiger partial charge in [-0.25, -0.2) is 0 Å². The average molecular weight is 238 g/mol. The van der Waals surface area contributed by atoms with Crippen LogP contribution in [0.25, 0.3) is 0 Å². The molecule has 3 nitrogen and oxygen atoms in total. The summed E-state index contributed by atoms with van der Waals surface area (Å²) in [5.41, 5.74) is 5.25. The number of piperidine rings is 1. The minimum atomic E-state index is -0.129. The number of rotatable bonds is 4. The number of hydrogen-bond acceptors (Lipinski definition) is 2. The SMILES string of the molecule is NC(=O)CC1CCN(CC2CCCCC2)CC1. The minimum Gasteiger partial charge on any atom is -0.370 e. The second kappa shape index (κ2) is 6.39. The Hall–Kier alpha value is -0.570. The monoisotopic (exact) mass is 238 g/mol. The molecule has 2 aliphatic rings. The Morgan fingerprint density at radius 3 is 2.24 bits per heavy atom. The first-order chi connectivity index (χ1) is 8.24. The van der Waals surface area contributed by atoms with Gasteiger partial charge in [0.15, 0.2) is 0 Å². The van der Waals surface area contributed by atoms with Gasteiger partial charge in [0.05, 0.1) is 0 Å². The van der Waals surface area contributed by atoms with E-state index in [1.807, 2.05) is 0 Å². The summed E-state index contributed by atoms with van der Waals surface area (Å²) in [5, 5.41) is 0. The van der Waals surface area contributed by atoms with Gasteiger partial charge in [0.25, 0.3) is 0 Å². The number of amides is 1. The van der Waals surface area contributed by atoms with Crippen LogP contribution in [0.1, 0.15) is 51.4 Å². The second-order valence-electron chi connectivity index (χ2n) is 5.92. The number of primary amides is 1. The van der Waals surface area contributed by atoms with Crippen molar-refractivity contribution in [3.05, 3.63) is 0 Å². The van der Waals surface area contributed by atoms with Crippen LogP contribution in [-0.4, -0.2) is 30.4 Å². The molecule has 17 heavy (non-hydrogen) atoms. The van der Waals surface area contributed by atoms with Gasteiger partial charge in [0.2, 0.25) is 5.91 Å². The smallest absolute Gasteiger partial charge is 0.217 e. The maximum Gasteiger partial charge on any atom is 0.217 e. The molecule has 1 aliphatic heterocycles. The standard InChI is InChI=1S/C14H26N2O/c15-14(17)10-12-6-8-16(9-7-12)11-13-4-2-1-3-5-13/h12-13H,1-11H2,(H2,15,17). The Bertz CT molecular complexity index is 241. The fourth-order valence-corrected chi connectivity index (χ4v) is 3.39. The quantitative estimate of drug-likeness (QED) is 0.815. The topological polar surface area (TPSA) is 46.3 Å². The number of carbonyl (C=O) groups excluding carboxylic acids is 1. The molecule has 0 unspecified atom stereocenters. The van der Waals surface area contributed by atoms with Gasteiger partial charge in [-0.15, -0.1) is 0 Å². The zero-order chi connectivity index (χ0) is 12.1. The average Bonchev–Trinajstić information content (AvgIpc) is 2.32. The number of nitrogens with two attached hydrogens (primary N) is 1. The summed E-state index contributed by atoms with van der Waals surface area (Å²) >= 11 is 0. The Balaban J connectivity index is 1.66. The highest BCUT2D eigenvalue weighted by Crippen LogP contribution is 2.27. The lowest BCUT2D eigenvalue weighted by Gasteiger charge is -2.35. The molecular weight excluding hydrogens is 212 g/mol. The van der Waals surface area contributed by atoms with Gasteiger partial charge in [-0.3, -0.25) is 4.79 Å². The Kier molecular flexibility index (Phi) is 4.84. The van der Waals surface area contributed by atoms with Crippen LogP contribution in [0, 0.1) is 11.8 Å². The number of hydrogen-bond donors (Lipinski definition) is 1. The van der Waals surface area contributed by atoms with E-state index in [1.165, 1.54) is 51.7 Å². The van der Waals surface area contributed by atoms with Crippen LogP contribution in [0.3, 0.4) is 0 Å². The molecule has 0 aromatic carbocycles. The summed E-state index contributed by atoms with van der Waals surface area (Å²) in [6.45, 7) is 3.65. The van der Waals surface area contributed by atoms with Crippen molar-refractivity contribution in [2.24, 2.45) is 17.6 Å². The van der Waals surface area contributed by atoms with E-state index in [0.717, 1.165) is 18.8 Å². The summed E-state index contributed by atoms with van der Waals surface area (Å²) in [6.07, 6.45) is 10.1. The van der Waals surface area contributed by atoms with Crippen LogP contribution in [0.15, 0.2) is 0 Å². The summed E-state index contributed by atoms with van der Waals surface area (Å²) in [6, 6.07) is 0. The van der Waals surface area contributed by atoms with Crippen LogP contribution >= 0.6 is 0 Å². The number of likely N-dealkylation sites (tertiary alicyclic amines) is 1. The van der Waals surface area contributed by atoms with Crippen molar-refractivity contribution in [3.63, 3.8) is 0 Å². The highest BCUT2D eigenvalue weighted by atomic mass is 16.1. The third kappa shape index (κ3) is 4.30. The molecule has 1 heterocycles. The van der Waals surface area contributed by atoms with Crippen LogP contribution in [-0.2, 0) is 4.79 Å². The van der Waals surface area contributed by atoms with Crippen LogP contribution in [0.4, 0.5) is 0 Å².